The molecule has 1 heterocycles. The van der Waals surface area contributed by atoms with Gasteiger partial charge in [-0.1, -0.05) is 35.3 Å². The lowest BCUT2D eigenvalue weighted by atomic mass is 10.2. The molecule has 1 aliphatic rings. The first-order chi connectivity index (χ1) is 14.7. The number of nitro benzene ring substituents is 1. The third-order valence-corrected chi connectivity index (χ3v) is 7.49. The molecule has 1 amide bonds. The van der Waals surface area contributed by atoms with Crippen LogP contribution in [0.2, 0.25) is 10.0 Å². The van der Waals surface area contributed by atoms with Crippen molar-refractivity contribution in [2.75, 3.05) is 38.0 Å². The average molecular weight is 487 g/mol. The maximum atomic E-state index is 12.9. The number of hydrogen-bond donors (Lipinski definition) is 1. The molecule has 0 spiro atoms. The van der Waals surface area contributed by atoms with Crippen LogP contribution < -0.4 is 5.32 Å². The lowest BCUT2D eigenvalue weighted by Crippen LogP contribution is -2.49. The number of piperazine rings is 1. The van der Waals surface area contributed by atoms with E-state index in [0.29, 0.717) is 19.6 Å². The second kappa shape index (κ2) is 9.92. The standard InChI is InChI=1S/C19H20Cl2N4O5S/c20-14-5-6-15(21)18(13-14)31(29,30)24-11-9-23(10-12-24)8-7-19(26)22-16-3-1-2-4-17(16)25(27)28/h1-6,13H,7-12H2,(H,22,26). The van der Waals surface area contributed by atoms with Crippen molar-refractivity contribution in [2.45, 2.75) is 11.3 Å². The van der Waals surface area contributed by atoms with Crippen molar-refractivity contribution in [1.29, 1.82) is 0 Å². The number of sulfonamides is 1. The van der Waals surface area contributed by atoms with Gasteiger partial charge in [0.15, 0.2) is 0 Å². The molecule has 0 unspecified atom stereocenters. The Bertz CT molecular complexity index is 1090. The molecule has 1 fully saturated rings. The first kappa shape index (κ1) is 23.4. The second-order valence-electron chi connectivity index (χ2n) is 6.89. The van der Waals surface area contributed by atoms with Crippen molar-refractivity contribution in [3.05, 3.63) is 62.6 Å². The normalized spacial score (nSPS) is 15.5. The monoisotopic (exact) mass is 486 g/mol. The average Bonchev–Trinajstić information content (AvgIpc) is 2.74. The number of para-hydroxylation sites is 2. The molecular weight excluding hydrogens is 467 g/mol. The van der Waals surface area contributed by atoms with E-state index in [1.54, 1.807) is 6.07 Å². The fraction of sp³-hybridized carbons (Fsp3) is 0.316. The molecular formula is C19H20Cl2N4O5S. The minimum Gasteiger partial charge on any atom is -0.320 e. The Labute approximate surface area is 189 Å². The Morgan fingerprint density at radius 2 is 1.77 bits per heavy atom. The van der Waals surface area contributed by atoms with E-state index in [0.717, 1.165) is 0 Å². The van der Waals surface area contributed by atoms with E-state index < -0.39 is 14.9 Å². The number of nitrogens with zero attached hydrogens (tertiary/aromatic N) is 3. The molecule has 0 aliphatic carbocycles. The van der Waals surface area contributed by atoms with Gasteiger partial charge in [-0.3, -0.25) is 14.9 Å². The van der Waals surface area contributed by atoms with Crippen LogP contribution in [0.15, 0.2) is 47.4 Å². The van der Waals surface area contributed by atoms with Crippen molar-refractivity contribution in [3.63, 3.8) is 0 Å². The van der Waals surface area contributed by atoms with Crippen LogP contribution in [-0.2, 0) is 14.8 Å². The molecule has 3 rings (SSSR count). The predicted molar refractivity (Wildman–Crippen MR) is 118 cm³/mol. The van der Waals surface area contributed by atoms with Gasteiger partial charge in [0.1, 0.15) is 10.6 Å². The Balaban J connectivity index is 1.53. The van der Waals surface area contributed by atoms with Crippen molar-refractivity contribution >= 4 is 50.5 Å². The molecule has 31 heavy (non-hydrogen) atoms. The van der Waals surface area contributed by atoms with Gasteiger partial charge in [-0.15, -0.1) is 0 Å². The highest BCUT2D eigenvalue weighted by Crippen LogP contribution is 2.28. The van der Waals surface area contributed by atoms with Gasteiger partial charge in [0.2, 0.25) is 15.9 Å². The number of anilines is 1. The fourth-order valence-electron chi connectivity index (χ4n) is 3.22. The Morgan fingerprint density at radius 3 is 2.45 bits per heavy atom. The summed E-state index contributed by atoms with van der Waals surface area (Å²) in [6, 6.07) is 10.2. The number of nitrogens with one attached hydrogen (secondary N) is 1. The van der Waals surface area contributed by atoms with Crippen molar-refractivity contribution < 1.29 is 18.1 Å². The van der Waals surface area contributed by atoms with E-state index >= 15 is 0 Å². The zero-order valence-electron chi connectivity index (χ0n) is 16.3. The van der Waals surface area contributed by atoms with Crippen LogP contribution in [0, 0.1) is 10.1 Å². The summed E-state index contributed by atoms with van der Waals surface area (Å²) in [4.78, 5) is 24.6. The maximum absolute atomic E-state index is 12.9. The first-order valence-electron chi connectivity index (χ1n) is 9.39. The van der Waals surface area contributed by atoms with Gasteiger partial charge in [-0.2, -0.15) is 4.31 Å². The van der Waals surface area contributed by atoms with Gasteiger partial charge in [-0.05, 0) is 24.3 Å². The third kappa shape index (κ3) is 5.72. The van der Waals surface area contributed by atoms with Crippen LogP contribution >= 0.6 is 23.2 Å². The maximum Gasteiger partial charge on any atom is 0.292 e. The van der Waals surface area contributed by atoms with Crippen LogP contribution in [0.3, 0.4) is 0 Å². The first-order valence-corrected chi connectivity index (χ1v) is 11.6. The quantitative estimate of drug-likeness (QED) is 0.474. The topological polar surface area (TPSA) is 113 Å². The molecule has 2 aromatic rings. The number of amides is 1. The van der Waals surface area contributed by atoms with Crippen molar-refractivity contribution in [3.8, 4) is 0 Å². The van der Waals surface area contributed by atoms with Crippen LogP contribution in [-0.4, -0.2) is 61.2 Å². The predicted octanol–water partition coefficient (Wildman–Crippen LogP) is 3.24. The van der Waals surface area contributed by atoms with Crippen LogP contribution in [0.5, 0.6) is 0 Å². The second-order valence-corrected chi connectivity index (χ2v) is 9.64. The number of nitro groups is 1. The summed E-state index contributed by atoms with van der Waals surface area (Å²) in [5.74, 6) is -0.352. The number of carbonyl (C=O) groups excluding carboxylic acids is 1. The number of carbonyl (C=O) groups is 1. The number of rotatable bonds is 7. The van der Waals surface area contributed by atoms with Crippen molar-refractivity contribution in [2.24, 2.45) is 0 Å². The van der Waals surface area contributed by atoms with E-state index in [-0.39, 0.29) is 51.7 Å². The zero-order valence-corrected chi connectivity index (χ0v) is 18.7. The van der Waals surface area contributed by atoms with Gasteiger partial charge >= 0.3 is 0 Å². The number of benzene rings is 2. The summed E-state index contributed by atoms with van der Waals surface area (Å²) >= 11 is 12.0. The Kier molecular flexibility index (Phi) is 7.50. The lowest BCUT2D eigenvalue weighted by Gasteiger charge is -2.34. The summed E-state index contributed by atoms with van der Waals surface area (Å²) in [5, 5.41) is 14.0. The summed E-state index contributed by atoms with van der Waals surface area (Å²) < 4.78 is 27.1. The molecule has 0 atom stereocenters. The molecule has 9 nitrogen and oxygen atoms in total. The van der Waals surface area contributed by atoms with Gasteiger partial charge < -0.3 is 10.2 Å². The third-order valence-electron chi connectivity index (χ3n) is 4.87. The zero-order chi connectivity index (χ0) is 22.6. The van der Waals surface area contributed by atoms with Gasteiger partial charge in [0.25, 0.3) is 5.69 Å². The minimum absolute atomic E-state index is 0.0288. The van der Waals surface area contributed by atoms with Gasteiger partial charge in [-0.25, -0.2) is 8.42 Å². The highest BCUT2D eigenvalue weighted by molar-refractivity contribution is 7.89. The molecule has 0 aromatic heterocycles. The molecule has 12 heteroatoms. The Morgan fingerprint density at radius 1 is 1.10 bits per heavy atom. The largest absolute Gasteiger partial charge is 0.320 e. The van der Waals surface area contributed by atoms with Crippen molar-refractivity contribution in [1.82, 2.24) is 9.21 Å². The van der Waals surface area contributed by atoms with Crippen LogP contribution in [0.4, 0.5) is 11.4 Å². The Hall–Kier alpha value is -2.24. The SMILES string of the molecule is O=C(CCN1CCN(S(=O)(=O)c2cc(Cl)ccc2Cl)CC1)Nc1ccccc1[N+](=O)[O-]. The molecule has 0 saturated carbocycles. The molecule has 2 aromatic carbocycles. The number of hydrogen-bond acceptors (Lipinski definition) is 6. The molecule has 1 saturated heterocycles. The van der Waals surface area contributed by atoms with E-state index in [1.807, 2.05) is 4.90 Å². The summed E-state index contributed by atoms with van der Waals surface area (Å²) in [6.45, 7) is 1.78. The van der Waals surface area contributed by atoms with Crippen LogP contribution in [0.25, 0.3) is 0 Å². The molecule has 166 valence electrons. The highest BCUT2D eigenvalue weighted by atomic mass is 35.5. The molecule has 0 radical (unpaired) electrons. The fourth-order valence-corrected chi connectivity index (χ4v) is 5.38. The van der Waals surface area contributed by atoms with Crippen LogP contribution in [0.1, 0.15) is 6.42 Å². The van der Waals surface area contributed by atoms with Gasteiger partial charge in [0.05, 0.1) is 9.95 Å². The summed E-state index contributed by atoms with van der Waals surface area (Å²) in [6.07, 6.45) is 0.124. The van der Waals surface area contributed by atoms with E-state index in [2.05, 4.69) is 5.32 Å². The molecule has 0 bridgehead atoms. The van der Waals surface area contributed by atoms with E-state index in [4.69, 9.17) is 23.2 Å². The summed E-state index contributed by atoms with van der Waals surface area (Å²) in [7, 11) is -3.78. The summed E-state index contributed by atoms with van der Waals surface area (Å²) in [5.41, 5.74) is -0.0267. The van der Waals surface area contributed by atoms with Gasteiger partial charge in [0, 0.05) is 50.2 Å². The smallest absolute Gasteiger partial charge is 0.292 e. The van der Waals surface area contributed by atoms with E-state index in [9.17, 15) is 23.3 Å². The lowest BCUT2D eigenvalue weighted by molar-refractivity contribution is -0.383. The number of halogens is 2. The molecule has 1 N–H and O–H groups in total. The minimum atomic E-state index is -3.78. The molecule has 1 aliphatic heterocycles. The van der Waals surface area contributed by atoms with E-state index in [1.165, 1.54) is 40.7 Å². The highest BCUT2D eigenvalue weighted by Gasteiger charge is 2.30.